The Balaban J connectivity index is 1.68. The SMILES string of the molecule is O=C(COc1c(C(=O)c2ccccc2)sc2ccccc12)c1ccccc1. The minimum absolute atomic E-state index is 0.0982. The van der Waals surface area contributed by atoms with Gasteiger partial charge in [0.25, 0.3) is 0 Å². The maximum atomic E-state index is 13.0. The molecular weight excluding hydrogens is 356 g/mol. The van der Waals surface area contributed by atoms with Gasteiger partial charge in [0, 0.05) is 21.2 Å². The van der Waals surface area contributed by atoms with E-state index in [0.29, 0.717) is 21.8 Å². The summed E-state index contributed by atoms with van der Waals surface area (Å²) in [6, 6.07) is 25.8. The minimum Gasteiger partial charge on any atom is -0.483 e. The summed E-state index contributed by atoms with van der Waals surface area (Å²) in [5.41, 5.74) is 1.19. The van der Waals surface area contributed by atoms with E-state index in [0.717, 1.165) is 10.1 Å². The number of ether oxygens (including phenoxy) is 1. The maximum Gasteiger partial charge on any atom is 0.206 e. The number of carbonyl (C=O) groups is 2. The van der Waals surface area contributed by atoms with Crippen LogP contribution >= 0.6 is 11.3 Å². The Morgan fingerprint density at radius 1 is 0.741 bits per heavy atom. The Kier molecular flexibility index (Phi) is 4.81. The molecule has 0 atom stereocenters. The highest BCUT2D eigenvalue weighted by Crippen LogP contribution is 2.39. The summed E-state index contributed by atoms with van der Waals surface area (Å²) in [6.07, 6.45) is 0. The van der Waals surface area contributed by atoms with Gasteiger partial charge in [-0.05, 0) is 12.1 Å². The van der Waals surface area contributed by atoms with Gasteiger partial charge in [0.15, 0.2) is 12.4 Å². The zero-order chi connectivity index (χ0) is 18.6. The quantitative estimate of drug-likeness (QED) is 0.426. The van der Waals surface area contributed by atoms with Crippen molar-refractivity contribution in [2.24, 2.45) is 0 Å². The third-order valence-electron chi connectivity index (χ3n) is 4.24. The van der Waals surface area contributed by atoms with E-state index >= 15 is 0 Å². The van der Waals surface area contributed by atoms with Gasteiger partial charge < -0.3 is 4.74 Å². The van der Waals surface area contributed by atoms with Gasteiger partial charge in [0.05, 0.1) is 0 Å². The number of ketones is 2. The fourth-order valence-electron chi connectivity index (χ4n) is 2.88. The van der Waals surface area contributed by atoms with Crippen LogP contribution in [0.5, 0.6) is 5.75 Å². The summed E-state index contributed by atoms with van der Waals surface area (Å²) in [5.74, 6) is 0.261. The fraction of sp³-hybridized carbons (Fsp3) is 0.0435. The summed E-state index contributed by atoms with van der Waals surface area (Å²) in [6.45, 7) is -0.111. The van der Waals surface area contributed by atoms with Crippen LogP contribution in [0.2, 0.25) is 0 Å². The van der Waals surface area contributed by atoms with Crippen molar-refractivity contribution in [3.05, 3.63) is 101 Å². The molecule has 0 saturated heterocycles. The molecule has 0 radical (unpaired) electrons. The van der Waals surface area contributed by atoms with Gasteiger partial charge in [0.1, 0.15) is 10.6 Å². The van der Waals surface area contributed by atoms with Gasteiger partial charge in [-0.3, -0.25) is 9.59 Å². The molecule has 4 rings (SSSR count). The number of hydrogen-bond donors (Lipinski definition) is 0. The predicted molar refractivity (Wildman–Crippen MR) is 108 cm³/mol. The van der Waals surface area contributed by atoms with E-state index in [1.165, 1.54) is 11.3 Å². The van der Waals surface area contributed by atoms with Crippen LogP contribution in [-0.2, 0) is 0 Å². The molecule has 0 amide bonds. The van der Waals surface area contributed by atoms with Gasteiger partial charge in [-0.15, -0.1) is 11.3 Å². The van der Waals surface area contributed by atoms with Gasteiger partial charge >= 0.3 is 0 Å². The second kappa shape index (κ2) is 7.56. The summed E-state index contributed by atoms with van der Waals surface area (Å²) in [4.78, 5) is 25.9. The topological polar surface area (TPSA) is 43.4 Å². The number of carbonyl (C=O) groups excluding carboxylic acids is 2. The molecule has 0 spiro atoms. The molecule has 0 fully saturated rings. The van der Waals surface area contributed by atoms with Crippen molar-refractivity contribution in [2.45, 2.75) is 0 Å². The molecule has 27 heavy (non-hydrogen) atoms. The number of hydrogen-bond acceptors (Lipinski definition) is 4. The first kappa shape index (κ1) is 17.2. The second-order valence-electron chi connectivity index (χ2n) is 6.03. The third-order valence-corrected chi connectivity index (χ3v) is 5.39. The van der Waals surface area contributed by atoms with Crippen LogP contribution in [-0.4, -0.2) is 18.2 Å². The molecule has 0 bridgehead atoms. The van der Waals surface area contributed by atoms with Crippen LogP contribution < -0.4 is 4.74 Å². The molecule has 1 aromatic heterocycles. The normalized spacial score (nSPS) is 10.7. The van der Waals surface area contributed by atoms with Crippen LogP contribution in [0.25, 0.3) is 10.1 Å². The molecule has 1 heterocycles. The Bertz CT molecular complexity index is 1100. The molecule has 3 aromatic carbocycles. The van der Waals surface area contributed by atoms with Crippen molar-refractivity contribution in [2.75, 3.05) is 6.61 Å². The summed E-state index contributed by atoms with van der Waals surface area (Å²) in [5, 5.41) is 0.850. The highest BCUT2D eigenvalue weighted by molar-refractivity contribution is 7.21. The van der Waals surface area contributed by atoms with Crippen molar-refractivity contribution in [1.82, 2.24) is 0 Å². The van der Waals surface area contributed by atoms with Crippen LogP contribution in [0.1, 0.15) is 25.6 Å². The molecule has 4 aromatic rings. The average Bonchev–Trinajstić information content (AvgIpc) is 3.11. The molecule has 0 aliphatic heterocycles. The van der Waals surface area contributed by atoms with Gasteiger partial charge in [-0.2, -0.15) is 0 Å². The lowest BCUT2D eigenvalue weighted by molar-refractivity contribution is 0.0917. The standard InChI is InChI=1S/C23H16O3S/c24-19(16-9-3-1-4-10-16)15-26-22-18-13-7-8-14-20(18)27-23(22)21(25)17-11-5-2-6-12-17/h1-14H,15H2. The zero-order valence-corrected chi connectivity index (χ0v) is 15.2. The highest BCUT2D eigenvalue weighted by Gasteiger charge is 2.21. The fourth-order valence-corrected chi connectivity index (χ4v) is 3.99. The van der Waals surface area contributed by atoms with E-state index in [-0.39, 0.29) is 18.2 Å². The van der Waals surface area contributed by atoms with E-state index < -0.39 is 0 Å². The lowest BCUT2D eigenvalue weighted by Crippen LogP contribution is -2.12. The molecule has 0 aliphatic carbocycles. The minimum atomic E-state index is -0.121. The Morgan fingerprint density at radius 2 is 1.33 bits per heavy atom. The maximum absolute atomic E-state index is 13.0. The molecule has 0 saturated carbocycles. The van der Waals surface area contributed by atoms with Crippen molar-refractivity contribution in [3.63, 3.8) is 0 Å². The number of rotatable bonds is 6. The molecule has 0 aliphatic rings. The van der Waals surface area contributed by atoms with Crippen LogP contribution in [0.3, 0.4) is 0 Å². The first-order chi connectivity index (χ1) is 13.2. The van der Waals surface area contributed by atoms with Crippen molar-refractivity contribution in [1.29, 1.82) is 0 Å². The Hall–Kier alpha value is -3.24. The zero-order valence-electron chi connectivity index (χ0n) is 14.4. The Morgan fingerprint density at radius 3 is 2.04 bits per heavy atom. The van der Waals surface area contributed by atoms with Gasteiger partial charge in [-0.25, -0.2) is 0 Å². The van der Waals surface area contributed by atoms with Crippen LogP contribution in [0.4, 0.5) is 0 Å². The summed E-state index contributed by atoms with van der Waals surface area (Å²) in [7, 11) is 0. The van der Waals surface area contributed by atoms with Crippen LogP contribution in [0.15, 0.2) is 84.9 Å². The largest absolute Gasteiger partial charge is 0.483 e. The van der Waals surface area contributed by atoms with E-state index in [1.807, 2.05) is 60.7 Å². The predicted octanol–water partition coefficient (Wildman–Crippen LogP) is 5.39. The van der Waals surface area contributed by atoms with E-state index in [2.05, 4.69) is 0 Å². The van der Waals surface area contributed by atoms with E-state index in [1.54, 1.807) is 24.3 Å². The number of Topliss-reactive ketones (excluding diaryl/α,β-unsaturated/α-hetero) is 1. The lowest BCUT2D eigenvalue weighted by atomic mass is 10.1. The first-order valence-corrected chi connectivity index (χ1v) is 9.38. The average molecular weight is 372 g/mol. The van der Waals surface area contributed by atoms with Crippen molar-refractivity contribution in [3.8, 4) is 5.75 Å². The molecule has 132 valence electrons. The summed E-state index contributed by atoms with van der Waals surface area (Å²) >= 11 is 1.39. The van der Waals surface area contributed by atoms with Crippen molar-refractivity contribution < 1.29 is 14.3 Å². The number of fused-ring (bicyclic) bond motifs is 1. The number of thiophene rings is 1. The van der Waals surface area contributed by atoms with Crippen molar-refractivity contribution >= 4 is 33.0 Å². The molecule has 0 unspecified atom stereocenters. The Labute approximate surface area is 160 Å². The van der Waals surface area contributed by atoms with Crippen LogP contribution in [0, 0.1) is 0 Å². The molecular formula is C23H16O3S. The molecule has 3 nitrogen and oxygen atoms in total. The number of benzene rings is 3. The molecule has 0 N–H and O–H groups in total. The van der Waals surface area contributed by atoms with Gasteiger partial charge in [-0.1, -0.05) is 72.8 Å². The first-order valence-electron chi connectivity index (χ1n) is 8.56. The monoisotopic (exact) mass is 372 g/mol. The lowest BCUT2D eigenvalue weighted by Gasteiger charge is -2.07. The summed E-state index contributed by atoms with van der Waals surface area (Å²) < 4.78 is 6.85. The van der Waals surface area contributed by atoms with E-state index in [4.69, 9.17) is 4.74 Å². The van der Waals surface area contributed by atoms with E-state index in [9.17, 15) is 9.59 Å². The smallest absolute Gasteiger partial charge is 0.206 e. The molecule has 4 heteroatoms. The second-order valence-corrected chi connectivity index (χ2v) is 7.08. The third kappa shape index (κ3) is 3.52. The highest BCUT2D eigenvalue weighted by atomic mass is 32.1. The van der Waals surface area contributed by atoms with Gasteiger partial charge in [0.2, 0.25) is 5.78 Å².